The van der Waals surface area contributed by atoms with Crippen molar-refractivity contribution < 1.29 is 4.79 Å². The lowest BCUT2D eigenvalue weighted by atomic mass is 10.1. The Labute approximate surface area is 178 Å². The number of amides is 1. The van der Waals surface area contributed by atoms with E-state index in [1.165, 1.54) is 0 Å². The molecule has 4 aromatic rings. The zero-order chi connectivity index (χ0) is 20.1. The molecule has 0 saturated carbocycles. The fraction of sp³-hybridized carbons (Fsp3) is 0.286. The van der Waals surface area contributed by atoms with Gasteiger partial charge in [-0.05, 0) is 65.1 Å². The third-order valence-corrected chi connectivity index (χ3v) is 6.24. The van der Waals surface area contributed by atoms with Crippen LogP contribution in [-0.2, 0) is 4.79 Å². The Morgan fingerprint density at radius 2 is 2.00 bits per heavy atom. The van der Waals surface area contributed by atoms with Crippen molar-refractivity contribution in [1.82, 2.24) is 24.5 Å². The maximum atomic E-state index is 13.1. The lowest BCUT2D eigenvalue weighted by Gasteiger charge is -2.21. The van der Waals surface area contributed by atoms with Crippen molar-refractivity contribution in [2.75, 3.05) is 12.0 Å². The topological polar surface area (TPSA) is 64.2 Å². The van der Waals surface area contributed by atoms with Gasteiger partial charge in [0, 0.05) is 18.6 Å². The van der Waals surface area contributed by atoms with Gasteiger partial charge in [0.15, 0.2) is 11.5 Å². The van der Waals surface area contributed by atoms with Crippen LogP contribution >= 0.6 is 23.1 Å². The van der Waals surface area contributed by atoms with Gasteiger partial charge < -0.3 is 9.88 Å². The van der Waals surface area contributed by atoms with Crippen LogP contribution in [0.5, 0.6) is 0 Å². The van der Waals surface area contributed by atoms with Gasteiger partial charge in [0.05, 0.1) is 18.5 Å². The first-order chi connectivity index (χ1) is 14.3. The van der Waals surface area contributed by atoms with Crippen molar-refractivity contribution in [2.45, 2.75) is 24.9 Å². The van der Waals surface area contributed by atoms with Crippen molar-refractivity contribution in [1.29, 1.82) is 0 Å². The van der Waals surface area contributed by atoms with E-state index in [0.29, 0.717) is 6.42 Å². The summed E-state index contributed by atoms with van der Waals surface area (Å²) in [6.45, 7) is 0. The predicted molar refractivity (Wildman–Crippen MR) is 118 cm³/mol. The van der Waals surface area contributed by atoms with Crippen LogP contribution in [-0.4, -0.2) is 37.1 Å². The Morgan fingerprint density at radius 1 is 1.17 bits per heavy atom. The minimum Gasteiger partial charge on any atom is -0.346 e. The number of rotatable bonds is 9. The van der Waals surface area contributed by atoms with Gasteiger partial charge in [0.1, 0.15) is 0 Å². The van der Waals surface area contributed by atoms with Gasteiger partial charge in [-0.15, -0.1) is 10.2 Å². The van der Waals surface area contributed by atoms with E-state index in [4.69, 9.17) is 0 Å². The lowest BCUT2D eigenvalue weighted by molar-refractivity contribution is -0.122. The van der Waals surface area contributed by atoms with E-state index >= 15 is 0 Å². The normalized spacial score (nSPS) is 13.4. The Bertz CT molecular complexity index is 1010. The molecule has 4 aromatic heterocycles. The van der Waals surface area contributed by atoms with E-state index in [1.54, 1.807) is 23.1 Å². The van der Waals surface area contributed by atoms with E-state index in [1.807, 2.05) is 58.7 Å². The molecule has 150 valence electrons. The molecule has 0 aliphatic heterocycles. The first-order valence-corrected chi connectivity index (χ1v) is 11.8. The van der Waals surface area contributed by atoms with Gasteiger partial charge in [-0.3, -0.25) is 9.20 Å². The molecule has 0 aromatic carbocycles. The summed E-state index contributed by atoms with van der Waals surface area (Å²) >= 11 is 3.41. The number of hydrogen-bond donors (Lipinski definition) is 1. The first kappa shape index (κ1) is 19.7. The molecule has 1 N–H and O–H groups in total. The van der Waals surface area contributed by atoms with Gasteiger partial charge >= 0.3 is 0 Å². The van der Waals surface area contributed by atoms with Crippen molar-refractivity contribution in [3.8, 4) is 0 Å². The number of thioether (sulfide) groups is 1. The predicted octanol–water partition coefficient (Wildman–Crippen LogP) is 4.18. The van der Waals surface area contributed by atoms with Crippen molar-refractivity contribution in [3.63, 3.8) is 0 Å². The molecule has 6 nitrogen and oxygen atoms in total. The number of hydrogen-bond acceptors (Lipinski definition) is 5. The average molecular weight is 426 g/mol. The zero-order valence-corrected chi connectivity index (χ0v) is 17.8. The molecule has 1 amide bonds. The van der Waals surface area contributed by atoms with Gasteiger partial charge in [-0.1, -0.05) is 6.07 Å². The molecule has 2 atom stereocenters. The van der Waals surface area contributed by atoms with Crippen LogP contribution in [0.1, 0.15) is 36.3 Å². The molecule has 0 radical (unpaired) electrons. The number of nitrogens with zero attached hydrogens (tertiary/aromatic N) is 4. The summed E-state index contributed by atoms with van der Waals surface area (Å²) in [6, 6.07) is 11.7. The molecule has 2 unspecified atom stereocenters. The molecule has 0 spiro atoms. The number of fused-ring (bicyclic) bond motifs is 1. The quantitative estimate of drug-likeness (QED) is 0.437. The SMILES string of the molecule is CSCCC(NC(=O)CC(c1ccsc1)n1cccc1)c1nnc2ccccn12. The second-order valence-corrected chi connectivity index (χ2v) is 8.56. The molecule has 0 bridgehead atoms. The lowest BCUT2D eigenvalue weighted by Crippen LogP contribution is -2.32. The van der Waals surface area contributed by atoms with Crippen LogP contribution in [0.2, 0.25) is 0 Å². The van der Waals surface area contributed by atoms with E-state index in [-0.39, 0.29) is 18.0 Å². The Morgan fingerprint density at radius 3 is 2.76 bits per heavy atom. The second kappa shape index (κ2) is 9.28. The van der Waals surface area contributed by atoms with Crippen LogP contribution in [0.25, 0.3) is 5.65 Å². The van der Waals surface area contributed by atoms with Crippen LogP contribution in [0.3, 0.4) is 0 Å². The number of carbonyl (C=O) groups is 1. The fourth-order valence-corrected chi connectivity index (χ4v) is 4.62. The molecular formula is C21H23N5OS2. The van der Waals surface area contributed by atoms with Crippen LogP contribution in [0.4, 0.5) is 0 Å². The molecule has 4 heterocycles. The summed E-state index contributed by atoms with van der Waals surface area (Å²) in [7, 11) is 0. The highest BCUT2D eigenvalue weighted by Gasteiger charge is 2.23. The number of carbonyl (C=O) groups excluding carboxylic acids is 1. The Balaban J connectivity index is 1.54. The van der Waals surface area contributed by atoms with Crippen molar-refractivity contribution in [2.24, 2.45) is 0 Å². The average Bonchev–Trinajstić information content (AvgIpc) is 3.50. The number of aromatic nitrogens is 4. The second-order valence-electron chi connectivity index (χ2n) is 6.80. The van der Waals surface area contributed by atoms with Crippen LogP contribution in [0, 0.1) is 0 Å². The van der Waals surface area contributed by atoms with Crippen molar-refractivity contribution >= 4 is 34.7 Å². The van der Waals surface area contributed by atoms with Crippen molar-refractivity contribution in [3.05, 3.63) is 77.1 Å². The fourth-order valence-electron chi connectivity index (χ4n) is 3.44. The summed E-state index contributed by atoms with van der Waals surface area (Å²) in [5.74, 6) is 1.71. The molecule has 0 aliphatic carbocycles. The highest BCUT2D eigenvalue weighted by molar-refractivity contribution is 7.98. The van der Waals surface area contributed by atoms with Gasteiger partial charge in [0.25, 0.3) is 0 Å². The monoisotopic (exact) mass is 425 g/mol. The summed E-state index contributed by atoms with van der Waals surface area (Å²) in [4.78, 5) is 13.1. The largest absolute Gasteiger partial charge is 0.346 e. The van der Waals surface area contributed by atoms with Crippen LogP contribution < -0.4 is 5.32 Å². The molecule has 0 fully saturated rings. The smallest absolute Gasteiger partial charge is 0.223 e. The minimum absolute atomic E-state index is 0.00804. The van der Waals surface area contributed by atoms with Gasteiger partial charge in [-0.25, -0.2) is 0 Å². The van der Waals surface area contributed by atoms with E-state index < -0.39 is 0 Å². The maximum Gasteiger partial charge on any atom is 0.223 e. The van der Waals surface area contributed by atoms with Gasteiger partial charge in [0.2, 0.25) is 5.91 Å². The molecule has 0 saturated heterocycles. The molecule has 29 heavy (non-hydrogen) atoms. The maximum absolute atomic E-state index is 13.1. The van der Waals surface area contributed by atoms with E-state index in [2.05, 4.69) is 37.8 Å². The minimum atomic E-state index is -0.180. The standard InChI is InChI=1S/C21H23N5OS2/c1-28-12-8-17(21-24-23-19-6-2-3-11-26(19)21)22-20(27)14-18(16-7-13-29-15-16)25-9-4-5-10-25/h2-7,9-11,13,15,17-18H,8,12,14H2,1H3,(H,22,27). The van der Waals surface area contributed by atoms with E-state index in [0.717, 1.165) is 29.2 Å². The Kier molecular flexibility index (Phi) is 6.31. The highest BCUT2D eigenvalue weighted by atomic mass is 32.2. The highest BCUT2D eigenvalue weighted by Crippen LogP contribution is 2.25. The number of thiophene rings is 1. The van der Waals surface area contributed by atoms with E-state index in [9.17, 15) is 4.79 Å². The number of pyridine rings is 1. The molecule has 8 heteroatoms. The van der Waals surface area contributed by atoms with Gasteiger partial charge in [-0.2, -0.15) is 23.1 Å². The molecule has 4 rings (SSSR count). The van der Waals surface area contributed by atoms with Crippen LogP contribution in [0.15, 0.2) is 65.7 Å². The first-order valence-electron chi connectivity index (χ1n) is 9.49. The third kappa shape index (κ3) is 4.54. The molecule has 0 aliphatic rings. The third-order valence-electron chi connectivity index (χ3n) is 4.89. The number of nitrogens with one attached hydrogen (secondary N) is 1. The Hall–Kier alpha value is -2.58. The molecular weight excluding hydrogens is 402 g/mol. The summed E-state index contributed by atoms with van der Waals surface area (Å²) in [6.07, 6.45) is 9.20. The summed E-state index contributed by atoms with van der Waals surface area (Å²) in [5.41, 5.74) is 1.93. The summed E-state index contributed by atoms with van der Waals surface area (Å²) < 4.78 is 4.04. The zero-order valence-electron chi connectivity index (χ0n) is 16.1. The summed E-state index contributed by atoms with van der Waals surface area (Å²) in [5, 5.41) is 16.0.